The molecule has 0 saturated carbocycles. The fourth-order valence-corrected chi connectivity index (χ4v) is 7.45. The van der Waals surface area contributed by atoms with Gasteiger partial charge in [-0.05, 0) is 23.8 Å². The minimum atomic E-state index is -1.34. The average molecular weight is 712 g/mol. The molecule has 17 heteroatoms. The summed E-state index contributed by atoms with van der Waals surface area (Å²) in [4.78, 5) is 79.6. The first-order valence-electron chi connectivity index (χ1n) is 15.8. The summed E-state index contributed by atoms with van der Waals surface area (Å²) in [6.45, 7) is 1.86. The minimum Gasteiger partial charge on any atom is -0.477 e. The number of thioether (sulfide) groups is 1. The Bertz CT molecular complexity index is 1730. The fourth-order valence-electron chi connectivity index (χ4n) is 6.12. The van der Waals surface area contributed by atoms with E-state index in [0.717, 1.165) is 10.5 Å². The van der Waals surface area contributed by atoms with Crippen molar-refractivity contribution < 1.29 is 52.5 Å². The van der Waals surface area contributed by atoms with Crippen molar-refractivity contribution in [2.75, 3.05) is 61.5 Å². The minimum absolute atomic E-state index is 0.0820. The van der Waals surface area contributed by atoms with E-state index in [9.17, 15) is 33.9 Å². The largest absolute Gasteiger partial charge is 0.477 e. The number of cyclic esters (lactones) is 1. The smallest absolute Gasteiger partial charge is 0.414 e. The molecule has 4 heterocycles. The van der Waals surface area contributed by atoms with Gasteiger partial charge in [0.2, 0.25) is 5.91 Å². The second-order valence-electron chi connectivity index (χ2n) is 12.0. The molecule has 0 aliphatic carbocycles. The molecule has 0 bridgehead atoms. The van der Waals surface area contributed by atoms with Crippen LogP contribution in [0.3, 0.4) is 0 Å². The van der Waals surface area contributed by atoms with Crippen molar-refractivity contribution in [3.8, 4) is 0 Å². The molecule has 2 aromatic rings. The number of benzene rings is 2. The van der Waals surface area contributed by atoms with E-state index in [2.05, 4.69) is 5.32 Å². The maximum atomic E-state index is 15.2. The van der Waals surface area contributed by atoms with Gasteiger partial charge in [0, 0.05) is 44.4 Å². The van der Waals surface area contributed by atoms with Gasteiger partial charge in [-0.3, -0.25) is 24.2 Å². The number of hydrogen-bond donors (Lipinski definition) is 2. The van der Waals surface area contributed by atoms with Gasteiger partial charge >= 0.3 is 24.1 Å². The maximum Gasteiger partial charge on any atom is 0.414 e. The van der Waals surface area contributed by atoms with Crippen LogP contribution < -0.4 is 15.1 Å². The lowest BCUT2D eigenvalue weighted by molar-refractivity contribution is -0.150. The summed E-state index contributed by atoms with van der Waals surface area (Å²) in [6, 6.07) is 12.5. The molecule has 0 aromatic heterocycles. The highest BCUT2D eigenvalue weighted by molar-refractivity contribution is 8.00. The zero-order valence-corrected chi connectivity index (χ0v) is 27.7. The highest BCUT2D eigenvalue weighted by atomic mass is 32.2. The Morgan fingerprint density at radius 1 is 1.04 bits per heavy atom. The number of β-lactam (4-membered cyclic amide) rings is 1. The van der Waals surface area contributed by atoms with Gasteiger partial charge in [0.05, 0.1) is 24.3 Å². The number of rotatable bonds is 10. The fraction of sp³-hybridized carbons (Fsp3) is 0.394. The van der Waals surface area contributed by atoms with Crippen LogP contribution in [0.5, 0.6) is 0 Å². The number of carbonyl (C=O) groups is 6. The summed E-state index contributed by atoms with van der Waals surface area (Å²) in [6.07, 6.45) is -1.94. The first kappa shape index (κ1) is 34.5. The Labute approximate surface area is 289 Å². The van der Waals surface area contributed by atoms with Crippen molar-refractivity contribution in [2.24, 2.45) is 0 Å². The Morgan fingerprint density at radius 3 is 2.46 bits per heavy atom. The molecule has 6 rings (SSSR count). The molecule has 3 saturated heterocycles. The van der Waals surface area contributed by atoms with Crippen LogP contribution in [-0.4, -0.2) is 120 Å². The van der Waals surface area contributed by atoms with Gasteiger partial charge in [-0.25, -0.2) is 18.8 Å². The predicted molar refractivity (Wildman–Crippen MR) is 176 cm³/mol. The SMILES string of the molecule is CC(=O)OC[C@H]1CN(c2ccc(N3CCN(C(=O)OCC4=C(C(=O)O)N5C(=O)[C@@H](NC(=O)Cc6ccccc6)[C@H]5SC4)CC3)c(F)c2)C(=O)O1. The van der Waals surface area contributed by atoms with E-state index in [-0.39, 0.29) is 86.7 Å². The number of piperazine rings is 1. The Hall–Kier alpha value is -5.32. The Morgan fingerprint density at radius 2 is 1.78 bits per heavy atom. The van der Waals surface area contributed by atoms with Gasteiger partial charge in [0.25, 0.3) is 5.91 Å². The third-order valence-electron chi connectivity index (χ3n) is 8.61. The number of hydrogen-bond acceptors (Lipinski definition) is 11. The number of esters is 1. The number of anilines is 2. The van der Waals surface area contributed by atoms with E-state index in [1.807, 2.05) is 6.07 Å². The number of nitrogens with one attached hydrogen (secondary N) is 1. The number of fused-ring (bicyclic) bond motifs is 1. The third kappa shape index (κ3) is 7.31. The summed E-state index contributed by atoms with van der Waals surface area (Å²) >= 11 is 1.28. The van der Waals surface area contributed by atoms with E-state index in [4.69, 9.17) is 14.2 Å². The van der Waals surface area contributed by atoms with Crippen molar-refractivity contribution in [3.63, 3.8) is 0 Å². The Kier molecular flexibility index (Phi) is 10.1. The van der Waals surface area contributed by atoms with Gasteiger partial charge in [0.15, 0.2) is 6.10 Å². The highest BCUT2D eigenvalue weighted by Gasteiger charge is 2.54. The van der Waals surface area contributed by atoms with Crippen molar-refractivity contribution in [1.82, 2.24) is 15.1 Å². The van der Waals surface area contributed by atoms with Gasteiger partial charge < -0.3 is 34.4 Å². The number of halogens is 1. The highest BCUT2D eigenvalue weighted by Crippen LogP contribution is 2.40. The molecule has 264 valence electrons. The van der Waals surface area contributed by atoms with Crippen LogP contribution in [-0.2, 0) is 39.8 Å². The first-order chi connectivity index (χ1) is 24.0. The zero-order chi connectivity index (χ0) is 35.5. The summed E-state index contributed by atoms with van der Waals surface area (Å²) in [5, 5.41) is 12.1. The predicted octanol–water partition coefficient (Wildman–Crippen LogP) is 1.95. The summed E-state index contributed by atoms with van der Waals surface area (Å²) in [5.41, 5.74) is 1.35. The van der Waals surface area contributed by atoms with Crippen molar-refractivity contribution in [1.29, 1.82) is 0 Å². The standard InChI is InChI=1S/C33H34FN5O10S/c1-19(40)47-17-23-15-38(33(46)49-23)22-7-8-25(24(34)14-22)36-9-11-37(12-10-36)32(45)48-16-21-18-50-30-27(29(42)39(30)28(21)31(43)44)35-26(41)13-20-5-3-2-4-6-20/h2-8,14,23,27,30H,9-13,15-18H2,1H3,(H,35,41)(H,43,44)/t23-,27-,30-/m1/s1. The van der Waals surface area contributed by atoms with E-state index in [0.29, 0.717) is 0 Å². The number of aliphatic carboxylic acids is 1. The molecule has 0 unspecified atom stereocenters. The molecule has 50 heavy (non-hydrogen) atoms. The molecule has 0 radical (unpaired) electrons. The van der Waals surface area contributed by atoms with Gasteiger partial charge in [-0.15, -0.1) is 11.8 Å². The van der Waals surface area contributed by atoms with Gasteiger partial charge in [0.1, 0.15) is 36.1 Å². The number of carbonyl (C=O) groups excluding carboxylic acids is 5. The Balaban J connectivity index is 0.997. The molecular formula is C33H34FN5O10S. The van der Waals surface area contributed by atoms with Crippen LogP contribution in [0.2, 0.25) is 0 Å². The van der Waals surface area contributed by atoms with Gasteiger partial charge in [-0.2, -0.15) is 0 Å². The first-order valence-corrected chi connectivity index (χ1v) is 16.9. The number of nitrogens with zero attached hydrogens (tertiary/aromatic N) is 4. The number of ether oxygens (including phenoxy) is 3. The van der Waals surface area contributed by atoms with Crippen molar-refractivity contribution in [3.05, 3.63) is 71.2 Å². The second-order valence-corrected chi connectivity index (χ2v) is 13.1. The normalized spacial score (nSPS) is 21.7. The number of carboxylic acid groups (broad SMARTS) is 1. The monoisotopic (exact) mass is 711 g/mol. The average Bonchev–Trinajstić information content (AvgIpc) is 3.48. The quantitative estimate of drug-likeness (QED) is 0.209. The molecule has 4 aliphatic heterocycles. The molecule has 2 N–H and O–H groups in total. The lowest BCUT2D eigenvalue weighted by atomic mass is 10.0. The zero-order valence-electron chi connectivity index (χ0n) is 26.9. The van der Waals surface area contributed by atoms with Crippen LogP contribution >= 0.6 is 11.8 Å². The lowest BCUT2D eigenvalue weighted by Gasteiger charge is -2.49. The van der Waals surface area contributed by atoms with Crippen molar-refractivity contribution >= 4 is 59.1 Å². The van der Waals surface area contributed by atoms with Crippen LogP contribution in [0.1, 0.15) is 12.5 Å². The molecular weight excluding hydrogens is 677 g/mol. The lowest BCUT2D eigenvalue weighted by Crippen LogP contribution is -2.70. The summed E-state index contributed by atoms with van der Waals surface area (Å²) in [5.74, 6) is -3.14. The molecule has 3 fully saturated rings. The van der Waals surface area contributed by atoms with Gasteiger partial charge in [-0.1, -0.05) is 30.3 Å². The van der Waals surface area contributed by atoms with E-state index < -0.39 is 53.4 Å². The number of carboxylic acids is 1. The molecule has 4 amide bonds. The molecule has 2 aromatic carbocycles. The van der Waals surface area contributed by atoms with Crippen LogP contribution in [0.15, 0.2) is 59.8 Å². The van der Waals surface area contributed by atoms with Crippen molar-refractivity contribution in [2.45, 2.75) is 30.9 Å². The third-order valence-corrected chi connectivity index (χ3v) is 9.95. The summed E-state index contributed by atoms with van der Waals surface area (Å²) < 4.78 is 30.8. The van der Waals surface area contributed by atoms with E-state index in [1.165, 1.54) is 40.6 Å². The molecule has 15 nitrogen and oxygen atoms in total. The maximum absolute atomic E-state index is 15.2. The molecule has 4 aliphatic rings. The molecule has 3 atom stereocenters. The topological polar surface area (TPSA) is 175 Å². The van der Waals surface area contributed by atoms with Crippen LogP contribution in [0.25, 0.3) is 0 Å². The molecule has 0 spiro atoms. The van der Waals surface area contributed by atoms with Crippen LogP contribution in [0, 0.1) is 5.82 Å². The summed E-state index contributed by atoms with van der Waals surface area (Å²) in [7, 11) is 0. The number of amides is 4. The van der Waals surface area contributed by atoms with E-state index in [1.54, 1.807) is 35.2 Å². The van der Waals surface area contributed by atoms with Crippen LogP contribution in [0.4, 0.5) is 25.4 Å². The second kappa shape index (κ2) is 14.7. The van der Waals surface area contributed by atoms with E-state index >= 15 is 4.39 Å².